The normalized spacial score (nSPS) is 16.3. The topological polar surface area (TPSA) is 86.0 Å². The number of carbonyl (C=O) groups is 1. The molecule has 0 radical (unpaired) electrons. The number of benzene rings is 2. The first-order chi connectivity index (χ1) is 19.3. The highest BCUT2D eigenvalue weighted by molar-refractivity contribution is 7.59. The number of nitrogens with zero attached hydrogens (tertiary/aromatic N) is 6. The van der Waals surface area contributed by atoms with E-state index in [1.165, 1.54) is 17.2 Å². The highest BCUT2D eigenvalue weighted by Crippen LogP contribution is 2.39. The lowest BCUT2D eigenvalue weighted by Crippen LogP contribution is -2.46. The number of alkyl halides is 2. The summed E-state index contributed by atoms with van der Waals surface area (Å²) >= 11 is 6.57. The highest BCUT2D eigenvalue weighted by Gasteiger charge is 2.34. The number of fused-ring (bicyclic) bond motifs is 3. The number of likely N-dealkylation sites (tertiary alicyclic amines) is 1. The van der Waals surface area contributed by atoms with E-state index in [2.05, 4.69) is 19.9 Å². The van der Waals surface area contributed by atoms with Crippen molar-refractivity contribution in [3.8, 4) is 22.9 Å². The number of rotatable bonds is 5. The van der Waals surface area contributed by atoms with E-state index in [0.717, 1.165) is 0 Å². The van der Waals surface area contributed by atoms with Gasteiger partial charge in [0.05, 0.1) is 34.8 Å². The van der Waals surface area contributed by atoms with Crippen LogP contribution < -0.4 is 4.74 Å². The summed E-state index contributed by atoms with van der Waals surface area (Å²) in [7, 11) is 0. The molecule has 0 spiro atoms. The van der Waals surface area contributed by atoms with E-state index < -0.39 is 30.6 Å². The number of hydrogen-bond donors (Lipinski definition) is 0. The van der Waals surface area contributed by atoms with Crippen LogP contribution in [0.15, 0.2) is 55.0 Å². The summed E-state index contributed by atoms with van der Waals surface area (Å²) in [6.07, 6.45) is 3.44. The van der Waals surface area contributed by atoms with Crippen molar-refractivity contribution < 1.29 is 22.7 Å². The number of aryl methyl sites for hydroxylation is 1. The third-order valence-electron chi connectivity index (χ3n) is 7.07. The summed E-state index contributed by atoms with van der Waals surface area (Å²) in [6.45, 7) is 0.597. The van der Waals surface area contributed by atoms with E-state index in [4.69, 9.17) is 16.3 Å². The zero-order valence-electron chi connectivity index (χ0n) is 22.2. The minimum atomic E-state index is -1.45. The molecule has 0 unspecified atom stereocenters. The molecule has 1 fully saturated rings. The average Bonchev–Trinajstić information content (AvgIpc) is 3.29. The van der Waals surface area contributed by atoms with Crippen molar-refractivity contribution in [3.63, 3.8) is 0 Å². The maximum absolute atomic E-state index is 15.4. The van der Waals surface area contributed by atoms with Crippen LogP contribution in [0.1, 0.15) is 25.7 Å². The first-order valence-electron chi connectivity index (χ1n) is 12.5. The number of carbonyl (C=O) groups excluding carboxylic acids is 1. The second kappa shape index (κ2) is 13.8. The average molecular weight is 651 g/mol. The quantitative estimate of drug-likeness (QED) is 0.206. The number of halogens is 4. The van der Waals surface area contributed by atoms with Gasteiger partial charge < -0.3 is 14.2 Å². The standard InChI is InChI=1S/C28H22ClF3N6O2.CH4.2H2S/c1-15-36-24-13-35-23-11-21(31)18(17-4-3-16(9-20(17)29)40-28-33-6-2-7-34-28)10-19(23)27(24)38(15)25-5-8-37(14-22(25)32)26(39)12-30;;;/h2-4,6-7,9-11,13,22,25H,5,8,12,14H2,1H3;1H4;2*1H2/t22-,25-;;;/m0.../s1. The summed E-state index contributed by atoms with van der Waals surface area (Å²) in [6, 6.07) is 8.92. The SMILES string of the molecule is C.Cc1nc2cnc3cc(F)c(-c4ccc(Oc5ncccn5)cc4Cl)cc3c2n1[C@H]1CCN(C(=O)CF)C[C@@H]1F.S.S. The Hall–Kier alpha value is -3.55. The first kappa shape index (κ1) is 33.9. The molecule has 1 aliphatic rings. The Morgan fingerprint density at radius 1 is 1.09 bits per heavy atom. The molecule has 5 aromatic rings. The zero-order valence-corrected chi connectivity index (χ0v) is 24.9. The summed E-state index contributed by atoms with van der Waals surface area (Å²) in [5, 5.41) is 0.809. The van der Waals surface area contributed by atoms with Crippen LogP contribution in [-0.2, 0) is 4.79 Å². The molecule has 43 heavy (non-hydrogen) atoms. The van der Waals surface area contributed by atoms with Gasteiger partial charge in [-0.2, -0.15) is 27.0 Å². The minimum absolute atomic E-state index is 0. The number of aromatic nitrogens is 5. The van der Waals surface area contributed by atoms with Crippen LogP contribution in [0.25, 0.3) is 33.1 Å². The van der Waals surface area contributed by atoms with Crippen molar-refractivity contribution in [1.29, 1.82) is 0 Å². The molecule has 4 heterocycles. The van der Waals surface area contributed by atoms with Gasteiger partial charge in [-0.05, 0) is 37.6 Å². The number of ether oxygens (including phenoxy) is 1. The van der Waals surface area contributed by atoms with Gasteiger partial charge in [0.15, 0.2) is 6.67 Å². The summed E-state index contributed by atoms with van der Waals surface area (Å²) in [4.78, 5) is 30.0. The van der Waals surface area contributed by atoms with Crippen molar-refractivity contribution in [2.45, 2.75) is 33.0 Å². The molecule has 6 rings (SSSR count). The smallest absolute Gasteiger partial charge is 0.321 e. The molecule has 2 atom stereocenters. The predicted molar refractivity (Wildman–Crippen MR) is 171 cm³/mol. The summed E-state index contributed by atoms with van der Waals surface area (Å²) < 4.78 is 51.1. The molecule has 3 aromatic heterocycles. The zero-order chi connectivity index (χ0) is 28.0. The molecular weight excluding hydrogens is 621 g/mol. The second-order valence-corrected chi connectivity index (χ2v) is 9.90. The lowest BCUT2D eigenvalue weighted by molar-refractivity contribution is -0.134. The Bertz CT molecular complexity index is 1760. The van der Waals surface area contributed by atoms with Gasteiger partial charge in [-0.3, -0.25) is 9.78 Å². The maximum atomic E-state index is 15.4. The number of piperidine rings is 1. The predicted octanol–water partition coefficient (Wildman–Crippen LogP) is 6.88. The molecule has 0 N–H and O–H groups in total. The fraction of sp³-hybridized carbons (Fsp3) is 0.276. The molecule has 0 saturated carbocycles. The van der Waals surface area contributed by atoms with Gasteiger partial charge in [0.1, 0.15) is 29.1 Å². The maximum Gasteiger partial charge on any atom is 0.321 e. The largest absolute Gasteiger partial charge is 0.424 e. The lowest BCUT2D eigenvalue weighted by atomic mass is 10.00. The molecule has 14 heteroatoms. The van der Waals surface area contributed by atoms with Crippen molar-refractivity contribution in [1.82, 2.24) is 29.4 Å². The van der Waals surface area contributed by atoms with Crippen LogP contribution in [-0.4, -0.2) is 61.2 Å². The molecule has 1 amide bonds. The molecule has 0 bridgehead atoms. The van der Waals surface area contributed by atoms with E-state index in [1.54, 1.807) is 54.2 Å². The molecule has 1 aliphatic heterocycles. The van der Waals surface area contributed by atoms with Crippen molar-refractivity contribution in [2.75, 3.05) is 19.8 Å². The molecule has 8 nitrogen and oxygen atoms in total. The Kier molecular flexibility index (Phi) is 10.9. The Morgan fingerprint density at radius 3 is 2.51 bits per heavy atom. The molecular formula is C29H30ClF3N6O2S2. The van der Waals surface area contributed by atoms with Crippen molar-refractivity contribution >= 4 is 66.4 Å². The van der Waals surface area contributed by atoms with Gasteiger partial charge in [0.25, 0.3) is 5.91 Å². The van der Waals surface area contributed by atoms with Gasteiger partial charge in [0, 0.05) is 47.6 Å². The minimum Gasteiger partial charge on any atom is -0.424 e. The van der Waals surface area contributed by atoms with Gasteiger partial charge in [-0.15, -0.1) is 0 Å². The molecule has 0 aliphatic carbocycles. The molecule has 2 aromatic carbocycles. The molecule has 1 saturated heterocycles. The van der Waals surface area contributed by atoms with Gasteiger partial charge in [-0.25, -0.2) is 28.1 Å². The third-order valence-corrected chi connectivity index (χ3v) is 7.38. The Labute approximate surface area is 265 Å². The van der Waals surface area contributed by atoms with Crippen LogP contribution in [0, 0.1) is 12.7 Å². The number of amides is 1. The van der Waals surface area contributed by atoms with E-state index in [0.29, 0.717) is 39.1 Å². The Morgan fingerprint density at radius 2 is 1.84 bits per heavy atom. The van der Waals surface area contributed by atoms with Crippen molar-refractivity contribution in [3.05, 3.63) is 71.7 Å². The van der Waals surface area contributed by atoms with Crippen LogP contribution >= 0.6 is 38.6 Å². The van der Waals surface area contributed by atoms with Crippen LogP contribution in [0.2, 0.25) is 5.02 Å². The third kappa shape index (κ3) is 6.38. The molecule has 228 valence electrons. The fourth-order valence-corrected chi connectivity index (χ4v) is 5.51. The number of hydrogen-bond acceptors (Lipinski definition) is 6. The lowest BCUT2D eigenvalue weighted by Gasteiger charge is -2.35. The fourth-order valence-electron chi connectivity index (χ4n) is 5.24. The summed E-state index contributed by atoms with van der Waals surface area (Å²) in [5.74, 6) is -0.334. The monoisotopic (exact) mass is 650 g/mol. The summed E-state index contributed by atoms with van der Waals surface area (Å²) in [5.41, 5.74) is 2.13. The van der Waals surface area contributed by atoms with E-state index in [-0.39, 0.29) is 70.5 Å². The number of pyridine rings is 1. The van der Waals surface area contributed by atoms with E-state index in [9.17, 15) is 9.18 Å². The van der Waals surface area contributed by atoms with Crippen LogP contribution in [0.4, 0.5) is 13.2 Å². The van der Waals surface area contributed by atoms with Crippen molar-refractivity contribution in [2.24, 2.45) is 0 Å². The Balaban J connectivity index is 0.00000169. The van der Waals surface area contributed by atoms with Crippen LogP contribution in [0.3, 0.4) is 0 Å². The first-order valence-corrected chi connectivity index (χ1v) is 12.9. The van der Waals surface area contributed by atoms with E-state index in [1.807, 2.05) is 0 Å². The van der Waals surface area contributed by atoms with Crippen LogP contribution in [0.5, 0.6) is 11.8 Å². The van der Waals surface area contributed by atoms with E-state index >= 15 is 8.78 Å². The highest BCUT2D eigenvalue weighted by atomic mass is 35.5. The van der Waals surface area contributed by atoms with Gasteiger partial charge in [0.2, 0.25) is 0 Å². The number of imidazole rings is 1. The van der Waals surface area contributed by atoms with Gasteiger partial charge in [-0.1, -0.05) is 19.0 Å². The van der Waals surface area contributed by atoms with Gasteiger partial charge >= 0.3 is 6.01 Å². The second-order valence-electron chi connectivity index (χ2n) is 9.49.